The smallest absolute Gasteiger partial charge is 0.254 e. The van der Waals surface area contributed by atoms with Gasteiger partial charge in [-0.2, -0.15) is 0 Å². The molecule has 0 saturated heterocycles. The first-order valence-electron chi connectivity index (χ1n) is 6.65. The molecule has 0 heterocycles. The Labute approximate surface area is 125 Å². The minimum Gasteiger partial charge on any atom is -0.496 e. The van der Waals surface area contributed by atoms with Gasteiger partial charge in [-0.05, 0) is 31.0 Å². The van der Waals surface area contributed by atoms with Crippen molar-refractivity contribution in [3.8, 4) is 5.75 Å². The number of ether oxygens (including phenoxy) is 1. The van der Waals surface area contributed by atoms with Crippen molar-refractivity contribution < 1.29 is 17.9 Å². The lowest BCUT2D eigenvalue weighted by Gasteiger charge is -2.18. The van der Waals surface area contributed by atoms with Crippen LogP contribution in [0.4, 0.5) is 0 Å². The van der Waals surface area contributed by atoms with Crippen LogP contribution in [0.15, 0.2) is 23.1 Å². The van der Waals surface area contributed by atoms with Crippen LogP contribution in [0.1, 0.15) is 31.1 Å². The number of nitrogens with one attached hydrogen (secondary N) is 2. The quantitative estimate of drug-likeness (QED) is 0.831. The number of carbonyl (C=O) groups is 1. The minimum atomic E-state index is -3.68. The summed E-state index contributed by atoms with van der Waals surface area (Å²) in [7, 11) is -0.779. The lowest BCUT2D eigenvalue weighted by molar-refractivity contribution is 0.0960. The summed E-state index contributed by atoms with van der Waals surface area (Å²) in [5, 5.41) is 2.46. The first kappa shape index (κ1) is 17.5. The average Bonchev–Trinajstić information content (AvgIpc) is 2.45. The standard InChI is InChI=1S/C14H22N2O4S/c1-9(2)10(3)16-21(18,19)11-6-7-13(20-5)12(8-11)14(17)15-4/h6-10,16H,1-5H3,(H,15,17). The van der Waals surface area contributed by atoms with Gasteiger partial charge >= 0.3 is 0 Å². The summed E-state index contributed by atoms with van der Waals surface area (Å²) >= 11 is 0. The van der Waals surface area contributed by atoms with Crippen LogP contribution in [0.5, 0.6) is 5.75 Å². The van der Waals surface area contributed by atoms with Crippen LogP contribution in [0.3, 0.4) is 0 Å². The normalized spacial score (nSPS) is 13.0. The summed E-state index contributed by atoms with van der Waals surface area (Å²) in [4.78, 5) is 11.8. The predicted molar refractivity (Wildman–Crippen MR) is 81.0 cm³/mol. The zero-order valence-electron chi connectivity index (χ0n) is 12.9. The summed E-state index contributed by atoms with van der Waals surface area (Å²) in [6.07, 6.45) is 0. The maximum atomic E-state index is 12.3. The van der Waals surface area contributed by atoms with Crippen LogP contribution in [0.25, 0.3) is 0 Å². The van der Waals surface area contributed by atoms with Gasteiger partial charge in [0.1, 0.15) is 5.75 Å². The van der Waals surface area contributed by atoms with E-state index in [-0.39, 0.29) is 22.4 Å². The van der Waals surface area contributed by atoms with E-state index in [0.29, 0.717) is 5.75 Å². The first-order valence-corrected chi connectivity index (χ1v) is 8.13. The van der Waals surface area contributed by atoms with Crippen LogP contribution in [-0.4, -0.2) is 34.5 Å². The summed E-state index contributed by atoms with van der Waals surface area (Å²) in [5.74, 6) is 0.0856. The number of sulfonamides is 1. The third-order valence-electron chi connectivity index (χ3n) is 3.29. The maximum Gasteiger partial charge on any atom is 0.254 e. The van der Waals surface area contributed by atoms with Crippen LogP contribution < -0.4 is 14.8 Å². The Balaban J connectivity index is 3.22. The van der Waals surface area contributed by atoms with Crippen LogP contribution in [0.2, 0.25) is 0 Å². The van der Waals surface area contributed by atoms with Crippen molar-refractivity contribution in [1.29, 1.82) is 0 Å². The van der Waals surface area contributed by atoms with Crippen molar-refractivity contribution in [2.45, 2.75) is 31.7 Å². The second-order valence-electron chi connectivity index (χ2n) is 5.10. The minimum absolute atomic E-state index is 0.0365. The number of benzene rings is 1. The molecule has 0 aliphatic carbocycles. The molecule has 1 aromatic rings. The molecular weight excluding hydrogens is 292 g/mol. The molecular formula is C14H22N2O4S. The van der Waals surface area contributed by atoms with E-state index in [9.17, 15) is 13.2 Å². The number of hydrogen-bond donors (Lipinski definition) is 2. The molecule has 1 atom stereocenters. The number of amides is 1. The van der Waals surface area contributed by atoms with Crippen LogP contribution in [-0.2, 0) is 10.0 Å². The highest BCUT2D eigenvalue weighted by Crippen LogP contribution is 2.22. The summed E-state index contributed by atoms with van der Waals surface area (Å²) in [5.41, 5.74) is 0.181. The average molecular weight is 314 g/mol. The lowest BCUT2D eigenvalue weighted by Crippen LogP contribution is -2.36. The molecule has 1 unspecified atom stereocenters. The molecule has 21 heavy (non-hydrogen) atoms. The van der Waals surface area contributed by atoms with E-state index < -0.39 is 15.9 Å². The molecule has 7 heteroatoms. The van der Waals surface area contributed by atoms with E-state index in [1.54, 1.807) is 6.92 Å². The fraction of sp³-hybridized carbons (Fsp3) is 0.500. The van der Waals surface area contributed by atoms with Gasteiger partial charge in [-0.1, -0.05) is 13.8 Å². The Morgan fingerprint density at radius 2 is 1.86 bits per heavy atom. The van der Waals surface area contributed by atoms with Gasteiger partial charge in [-0.15, -0.1) is 0 Å². The van der Waals surface area contributed by atoms with Crippen LogP contribution >= 0.6 is 0 Å². The van der Waals surface area contributed by atoms with Gasteiger partial charge < -0.3 is 10.1 Å². The molecule has 0 bridgehead atoms. The molecule has 2 N–H and O–H groups in total. The van der Waals surface area contributed by atoms with E-state index >= 15 is 0 Å². The predicted octanol–water partition coefficient (Wildman–Crippen LogP) is 1.38. The summed E-state index contributed by atoms with van der Waals surface area (Å²) < 4.78 is 32.3. The van der Waals surface area contributed by atoms with Gasteiger partial charge in [-0.3, -0.25) is 4.79 Å². The van der Waals surface area contributed by atoms with Crippen molar-refractivity contribution in [2.24, 2.45) is 5.92 Å². The molecule has 0 spiro atoms. The van der Waals surface area contributed by atoms with Crippen molar-refractivity contribution in [1.82, 2.24) is 10.0 Å². The summed E-state index contributed by atoms with van der Waals surface area (Å²) in [6, 6.07) is 3.99. The monoisotopic (exact) mass is 314 g/mol. The highest BCUT2D eigenvalue weighted by Gasteiger charge is 2.22. The number of hydrogen-bond acceptors (Lipinski definition) is 4. The molecule has 118 valence electrons. The number of methoxy groups -OCH3 is 1. The first-order chi connectivity index (χ1) is 9.72. The molecule has 1 amide bonds. The van der Waals surface area contributed by atoms with Crippen molar-refractivity contribution in [2.75, 3.05) is 14.2 Å². The highest BCUT2D eigenvalue weighted by molar-refractivity contribution is 7.89. The van der Waals surface area contributed by atoms with Gasteiger partial charge in [0.25, 0.3) is 5.91 Å². The van der Waals surface area contributed by atoms with E-state index in [0.717, 1.165) is 0 Å². The van der Waals surface area contributed by atoms with Crippen molar-refractivity contribution in [3.63, 3.8) is 0 Å². The molecule has 0 saturated carbocycles. The Morgan fingerprint density at radius 1 is 1.24 bits per heavy atom. The Hall–Kier alpha value is -1.60. The third-order valence-corrected chi connectivity index (χ3v) is 4.85. The van der Waals surface area contributed by atoms with E-state index in [4.69, 9.17) is 4.74 Å². The zero-order chi connectivity index (χ0) is 16.2. The largest absolute Gasteiger partial charge is 0.496 e. The topological polar surface area (TPSA) is 84.5 Å². The second-order valence-corrected chi connectivity index (χ2v) is 6.81. The third kappa shape index (κ3) is 4.18. The van der Waals surface area contributed by atoms with Gasteiger partial charge in [0.05, 0.1) is 17.6 Å². The Kier molecular flexibility index (Phi) is 5.74. The molecule has 0 fully saturated rings. The molecule has 1 rings (SSSR count). The van der Waals surface area contributed by atoms with E-state index in [1.807, 2.05) is 13.8 Å². The molecule has 0 aliphatic rings. The lowest BCUT2D eigenvalue weighted by atomic mass is 10.1. The summed E-state index contributed by atoms with van der Waals surface area (Å²) in [6.45, 7) is 5.65. The van der Waals surface area contributed by atoms with Crippen molar-refractivity contribution in [3.05, 3.63) is 23.8 Å². The fourth-order valence-electron chi connectivity index (χ4n) is 1.62. The van der Waals surface area contributed by atoms with Gasteiger partial charge in [-0.25, -0.2) is 13.1 Å². The van der Waals surface area contributed by atoms with E-state index in [1.165, 1.54) is 32.4 Å². The highest BCUT2D eigenvalue weighted by atomic mass is 32.2. The SMILES string of the molecule is CNC(=O)c1cc(S(=O)(=O)NC(C)C(C)C)ccc1OC. The van der Waals surface area contributed by atoms with Crippen molar-refractivity contribution >= 4 is 15.9 Å². The van der Waals surface area contributed by atoms with Gasteiger partial charge in [0, 0.05) is 13.1 Å². The van der Waals surface area contributed by atoms with Gasteiger partial charge in [0.15, 0.2) is 0 Å². The van der Waals surface area contributed by atoms with Crippen LogP contribution in [0, 0.1) is 5.92 Å². The van der Waals surface area contributed by atoms with Gasteiger partial charge in [0.2, 0.25) is 10.0 Å². The molecule has 0 radical (unpaired) electrons. The maximum absolute atomic E-state index is 12.3. The molecule has 0 aliphatic heterocycles. The molecule has 6 nitrogen and oxygen atoms in total. The number of carbonyl (C=O) groups excluding carboxylic acids is 1. The number of rotatable bonds is 6. The fourth-order valence-corrected chi connectivity index (χ4v) is 3.03. The molecule has 1 aromatic carbocycles. The zero-order valence-corrected chi connectivity index (χ0v) is 13.7. The Bertz CT molecular complexity index is 611. The second kappa shape index (κ2) is 6.91. The molecule has 0 aromatic heterocycles. The van der Waals surface area contributed by atoms with E-state index in [2.05, 4.69) is 10.0 Å². The Morgan fingerprint density at radius 3 is 2.33 bits per heavy atom.